The number of fused-ring (bicyclic) bond motifs is 1. The molecule has 1 heterocycles. The van der Waals surface area contributed by atoms with Crippen LogP contribution in [0.25, 0.3) is 10.8 Å². The first-order valence-corrected chi connectivity index (χ1v) is 10.3. The zero-order valence-corrected chi connectivity index (χ0v) is 17.2. The molecule has 6 heteroatoms. The predicted octanol–water partition coefficient (Wildman–Crippen LogP) is 4.07. The number of nitrogens with one attached hydrogen (secondary N) is 1. The molecule has 0 aliphatic carbocycles. The fourth-order valence-corrected chi connectivity index (χ4v) is 4.22. The van der Waals surface area contributed by atoms with E-state index < -0.39 is 0 Å². The molecule has 0 radical (unpaired) electrons. The van der Waals surface area contributed by atoms with Gasteiger partial charge in [-0.15, -0.1) is 5.10 Å². The molecule has 5 nitrogen and oxygen atoms in total. The highest BCUT2D eigenvalue weighted by Gasteiger charge is 2.30. The number of carbonyl (C=O) groups excluding carboxylic acids is 1. The van der Waals surface area contributed by atoms with E-state index in [2.05, 4.69) is 39.8 Å². The summed E-state index contributed by atoms with van der Waals surface area (Å²) in [7, 11) is 4.01. The highest BCUT2D eigenvalue weighted by atomic mass is 32.2. The minimum atomic E-state index is -0.200. The Morgan fingerprint density at radius 2 is 1.79 bits per heavy atom. The molecule has 1 amide bonds. The zero-order chi connectivity index (χ0) is 20.2. The zero-order valence-electron chi connectivity index (χ0n) is 16.4. The van der Waals surface area contributed by atoms with Crippen LogP contribution in [0.4, 0.5) is 5.69 Å². The maximum Gasteiger partial charge on any atom is 0.239 e. The summed E-state index contributed by atoms with van der Waals surface area (Å²) in [5.74, 6) is -0.0211. The molecular weight excluding hydrogens is 380 g/mol. The fourth-order valence-electron chi connectivity index (χ4n) is 3.26. The third kappa shape index (κ3) is 4.49. The average molecular weight is 403 g/mol. The minimum absolute atomic E-state index is 0.0211. The van der Waals surface area contributed by atoms with E-state index in [1.807, 2.05) is 61.5 Å². The van der Waals surface area contributed by atoms with Gasteiger partial charge in [0.1, 0.15) is 0 Å². The summed E-state index contributed by atoms with van der Waals surface area (Å²) in [6, 6.07) is 22.5. The molecule has 1 fully saturated rings. The highest BCUT2D eigenvalue weighted by Crippen LogP contribution is 2.27. The summed E-state index contributed by atoms with van der Waals surface area (Å²) < 4.78 is 0. The maximum absolute atomic E-state index is 12.4. The first kappa shape index (κ1) is 19.2. The summed E-state index contributed by atoms with van der Waals surface area (Å²) in [5.41, 5.74) is 3.26. The fraction of sp³-hybridized carbons (Fsp3) is 0.174. The lowest BCUT2D eigenvalue weighted by molar-refractivity contribution is -0.118. The number of nitrogens with zero attached hydrogens (tertiary/aromatic N) is 3. The van der Waals surface area contributed by atoms with Gasteiger partial charge in [0.25, 0.3) is 0 Å². The third-order valence-corrected chi connectivity index (χ3v) is 5.90. The van der Waals surface area contributed by atoms with E-state index in [0.29, 0.717) is 11.6 Å². The van der Waals surface area contributed by atoms with Crippen molar-refractivity contribution in [3.8, 4) is 0 Å². The second-order valence-corrected chi connectivity index (χ2v) is 8.27. The average Bonchev–Trinajstić information content (AvgIpc) is 3.08. The van der Waals surface area contributed by atoms with Crippen molar-refractivity contribution in [1.29, 1.82) is 0 Å². The van der Waals surface area contributed by atoms with Gasteiger partial charge in [-0.3, -0.25) is 4.79 Å². The predicted molar refractivity (Wildman–Crippen MR) is 123 cm³/mol. The van der Waals surface area contributed by atoms with E-state index >= 15 is 0 Å². The van der Waals surface area contributed by atoms with Crippen molar-refractivity contribution in [1.82, 2.24) is 5.32 Å². The molecule has 1 N–H and O–H groups in total. The summed E-state index contributed by atoms with van der Waals surface area (Å²) in [4.78, 5) is 14.4. The monoisotopic (exact) mass is 402 g/mol. The molecule has 0 bridgehead atoms. The number of hydrogen-bond donors (Lipinski definition) is 1. The minimum Gasteiger partial charge on any atom is -0.378 e. The molecule has 1 atom stereocenters. The van der Waals surface area contributed by atoms with Gasteiger partial charge in [-0.25, -0.2) is 0 Å². The van der Waals surface area contributed by atoms with Crippen LogP contribution in [0.2, 0.25) is 0 Å². The Bertz CT molecular complexity index is 1080. The molecule has 1 aliphatic rings. The molecule has 0 aromatic heterocycles. The first-order valence-electron chi connectivity index (χ1n) is 9.43. The standard InChI is InChI=1S/C23H22N4OS/c1-27(2)19-12-10-16(11-13-19)15-24-26-23-25-22(28)21(29-23)14-18-8-5-7-17-6-3-4-9-20(17)18/h3-13,15,21H,14H2,1-2H3,(H,25,26,28)/b24-15+. The van der Waals surface area contributed by atoms with Gasteiger partial charge in [0.15, 0.2) is 5.17 Å². The SMILES string of the molecule is CN(C)c1ccc(/C=N/N=C2\NC(=O)C(Cc3cccc4ccccc34)S2)cc1. The number of benzene rings is 3. The molecule has 4 rings (SSSR count). The maximum atomic E-state index is 12.4. The van der Waals surface area contributed by atoms with Gasteiger partial charge < -0.3 is 10.2 Å². The van der Waals surface area contributed by atoms with Gasteiger partial charge in [-0.05, 0) is 40.5 Å². The number of carbonyl (C=O) groups is 1. The lowest BCUT2D eigenvalue weighted by atomic mass is 10.0. The summed E-state index contributed by atoms with van der Waals surface area (Å²) >= 11 is 1.43. The van der Waals surface area contributed by atoms with Gasteiger partial charge in [0.2, 0.25) is 5.91 Å². The van der Waals surface area contributed by atoms with E-state index in [1.54, 1.807) is 6.21 Å². The Morgan fingerprint density at radius 3 is 2.59 bits per heavy atom. The Kier molecular flexibility index (Phi) is 5.62. The van der Waals surface area contributed by atoms with Crippen LogP contribution < -0.4 is 10.2 Å². The second-order valence-electron chi connectivity index (χ2n) is 7.07. The van der Waals surface area contributed by atoms with Crippen LogP contribution in [-0.4, -0.2) is 36.6 Å². The first-order chi connectivity index (χ1) is 14.1. The summed E-state index contributed by atoms with van der Waals surface area (Å²) in [5, 5.41) is 13.9. The molecule has 3 aromatic rings. The van der Waals surface area contributed by atoms with Gasteiger partial charge in [0, 0.05) is 19.8 Å². The van der Waals surface area contributed by atoms with Gasteiger partial charge in [-0.1, -0.05) is 66.4 Å². The van der Waals surface area contributed by atoms with Crippen molar-refractivity contribution in [3.63, 3.8) is 0 Å². The molecule has 29 heavy (non-hydrogen) atoms. The summed E-state index contributed by atoms with van der Waals surface area (Å²) in [6.07, 6.45) is 2.35. The normalized spacial score (nSPS) is 17.9. The Labute approximate surface area is 174 Å². The molecule has 0 saturated carbocycles. The van der Waals surface area contributed by atoms with Crippen molar-refractivity contribution in [2.75, 3.05) is 19.0 Å². The van der Waals surface area contributed by atoms with Crippen LogP contribution in [0.5, 0.6) is 0 Å². The number of hydrogen-bond acceptors (Lipinski definition) is 5. The summed E-state index contributed by atoms with van der Waals surface area (Å²) in [6.45, 7) is 0. The number of amides is 1. The van der Waals surface area contributed by atoms with E-state index in [-0.39, 0.29) is 11.2 Å². The Hall–Kier alpha value is -3.12. The topological polar surface area (TPSA) is 57.1 Å². The third-order valence-electron chi connectivity index (χ3n) is 4.83. The van der Waals surface area contributed by atoms with Gasteiger partial charge in [-0.2, -0.15) is 5.10 Å². The van der Waals surface area contributed by atoms with E-state index in [4.69, 9.17) is 0 Å². The van der Waals surface area contributed by atoms with Crippen molar-refractivity contribution in [2.24, 2.45) is 10.2 Å². The Morgan fingerprint density at radius 1 is 1.03 bits per heavy atom. The molecule has 3 aromatic carbocycles. The molecule has 0 spiro atoms. The van der Waals surface area contributed by atoms with Crippen molar-refractivity contribution in [3.05, 3.63) is 77.9 Å². The number of amidine groups is 1. The van der Waals surface area contributed by atoms with Crippen molar-refractivity contribution >= 4 is 45.5 Å². The smallest absolute Gasteiger partial charge is 0.239 e. The molecule has 1 unspecified atom stereocenters. The highest BCUT2D eigenvalue weighted by molar-refractivity contribution is 8.15. The van der Waals surface area contributed by atoms with E-state index in [9.17, 15) is 4.79 Å². The van der Waals surface area contributed by atoms with Gasteiger partial charge >= 0.3 is 0 Å². The molecule has 1 aliphatic heterocycles. The number of anilines is 1. The largest absolute Gasteiger partial charge is 0.378 e. The van der Waals surface area contributed by atoms with Crippen LogP contribution in [-0.2, 0) is 11.2 Å². The van der Waals surface area contributed by atoms with Crippen LogP contribution in [0.3, 0.4) is 0 Å². The number of rotatable bonds is 5. The lowest BCUT2D eigenvalue weighted by Crippen LogP contribution is -2.26. The van der Waals surface area contributed by atoms with E-state index in [1.165, 1.54) is 28.1 Å². The van der Waals surface area contributed by atoms with Crippen molar-refractivity contribution < 1.29 is 4.79 Å². The van der Waals surface area contributed by atoms with Crippen LogP contribution in [0.1, 0.15) is 11.1 Å². The lowest BCUT2D eigenvalue weighted by Gasteiger charge is -2.11. The van der Waals surface area contributed by atoms with Crippen LogP contribution in [0, 0.1) is 0 Å². The van der Waals surface area contributed by atoms with E-state index in [0.717, 1.165) is 11.3 Å². The number of thioether (sulfide) groups is 1. The van der Waals surface area contributed by atoms with Crippen LogP contribution in [0.15, 0.2) is 76.9 Å². The second kappa shape index (κ2) is 8.49. The quantitative estimate of drug-likeness (QED) is 0.517. The van der Waals surface area contributed by atoms with Gasteiger partial charge in [0.05, 0.1) is 11.5 Å². The van der Waals surface area contributed by atoms with Crippen LogP contribution >= 0.6 is 11.8 Å². The molecular formula is C23H22N4OS. The Balaban J connectivity index is 1.43. The van der Waals surface area contributed by atoms with Crippen molar-refractivity contribution in [2.45, 2.75) is 11.7 Å². The molecule has 146 valence electrons. The molecule has 1 saturated heterocycles.